The number of nitrogens with one attached hydrogen (secondary N) is 1. The summed E-state index contributed by atoms with van der Waals surface area (Å²) in [6.45, 7) is 2.91. The van der Waals surface area contributed by atoms with Crippen LogP contribution in [0.4, 0.5) is 0 Å². The molecule has 3 rings (SSSR count). The number of thioether (sulfide) groups is 1. The molecule has 3 nitrogen and oxygen atoms in total. The van der Waals surface area contributed by atoms with Crippen molar-refractivity contribution in [2.75, 3.05) is 18.6 Å². The highest BCUT2D eigenvalue weighted by Crippen LogP contribution is 2.45. The van der Waals surface area contributed by atoms with E-state index in [2.05, 4.69) is 42.8 Å². The second kappa shape index (κ2) is 4.84. The lowest BCUT2D eigenvalue weighted by atomic mass is 10.1. The second-order valence-electron chi connectivity index (χ2n) is 5.53. The van der Waals surface area contributed by atoms with Crippen LogP contribution in [0.1, 0.15) is 30.1 Å². The van der Waals surface area contributed by atoms with Gasteiger partial charge in [0.05, 0.1) is 0 Å². The predicted octanol–water partition coefficient (Wildman–Crippen LogP) is 2.32. The summed E-state index contributed by atoms with van der Waals surface area (Å²) in [6.07, 6.45) is 4.12. The van der Waals surface area contributed by atoms with Gasteiger partial charge in [-0.2, -0.15) is 11.8 Å². The lowest BCUT2D eigenvalue weighted by Gasteiger charge is -2.24. The monoisotopic (exact) mass is 276 g/mol. The Balaban J connectivity index is 1.85. The molecule has 0 radical (unpaired) electrons. The molecular weight excluding hydrogens is 256 g/mol. The van der Waals surface area contributed by atoms with Crippen molar-refractivity contribution < 1.29 is 4.79 Å². The lowest BCUT2D eigenvalue weighted by molar-refractivity contribution is -0.130. The molecule has 2 fully saturated rings. The summed E-state index contributed by atoms with van der Waals surface area (Å²) >= 11 is 1.79. The molecule has 2 aliphatic rings. The molecule has 1 aromatic carbocycles. The van der Waals surface area contributed by atoms with Crippen molar-refractivity contribution in [2.24, 2.45) is 0 Å². The van der Waals surface area contributed by atoms with Gasteiger partial charge in [0.2, 0.25) is 5.91 Å². The summed E-state index contributed by atoms with van der Waals surface area (Å²) in [7, 11) is 0. The molecule has 1 saturated heterocycles. The predicted molar refractivity (Wildman–Crippen MR) is 79.1 cm³/mol. The molecule has 0 aromatic heterocycles. The van der Waals surface area contributed by atoms with Gasteiger partial charge in [-0.05, 0) is 31.6 Å². The van der Waals surface area contributed by atoms with Crippen molar-refractivity contribution >= 4 is 17.7 Å². The van der Waals surface area contributed by atoms with Crippen molar-refractivity contribution in [2.45, 2.75) is 31.5 Å². The largest absolute Gasteiger partial charge is 0.320 e. The molecule has 1 saturated carbocycles. The Hall–Kier alpha value is -1.00. The molecule has 19 heavy (non-hydrogen) atoms. The van der Waals surface area contributed by atoms with Gasteiger partial charge in [-0.3, -0.25) is 10.1 Å². The molecule has 1 amide bonds. The molecule has 1 heterocycles. The van der Waals surface area contributed by atoms with Gasteiger partial charge in [0, 0.05) is 12.3 Å². The number of carbonyl (C=O) groups is 1. The highest BCUT2D eigenvalue weighted by molar-refractivity contribution is 7.98. The molecule has 1 spiro atoms. The summed E-state index contributed by atoms with van der Waals surface area (Å²) < 4.78 is 0. The fourth-order valence-corrected chi connectivity index (χ4v) is 3.09. The number of rotatable bonds is 4. The molecule has 1 atom stereocenters. The normalized spacial score (nSPS) is 24.2. The molecule has 1 unspecified atom stereocenters. The topological polar surface area (TPSA) is 32.3 Å². The number of nitrogens with zero attached hydrogens (tertiary/aromatic N) is 1. The van der Waals surface area contributed by atoms with Crippen LogP contribution >= 0.6 is 11.8 Å². The van der Waals surface area contributed by atoms with E-state index in [0.717, 1.165) is 25.1 Å². The van der Waals surface area contributed by atoms with Crippen LogP contribution in [-0.4, -0.2) is 34.9 Å². The van der Waals surface area contributed by atoms with Crippen LogP contribution < -0.4 is 5.32 Å². The van der Waals surface area contributed by atoms with Crippen LogP contribution in [0.5, 0.6) is 0 Å². The molecule has 1 aromatic rings. The van der Waals surface area contributed by atoms with E-state index in [1.807, 2.05) is 4.90 Å². The van der Waals surface area contributed by atoms with Gasteiger partial charge >= 0.3 is 0 Å². The molecule has 102 valence electrons. The maximum atomic E-state index is 12.5. The molecule has 0 bridgehead atoms. The summed E-state index contributed by atoms with van der Waals surface area (Å²) in [5.74, 6) is 1.29. The first-order valence-corrected chi connectivity index (χ1v) is 8.20. The summed E-state index contributed by atoms with van der Waals surface area (Å²) in [6, 6.07) is 8.50. The third kappa shape index (κ3) is 2.28. The Morgan fingerprint density at radius 2 is 2.05 bits per heavy atom. The number of aryl methyl sites for hydroxylation is 1. The zero-order chi connectivity index (χ0) is 13.5. The van der Waals surface area contributed by atoms with E-state index < -0.39 is 0 Å². The Bertz CT molecular complexity index is 481. The number of hydrogen-bond acceptors (Lipinski definition) is 3. The smallest absolute Gasteiger partial charge is 0.244 e. The van der Waals surface area contributed by atoms with Crippen molar-refractivity contribution in [1.82, 2.24) is 10.2 Å². The number of hydrogen-bond donors (Lipinski definition) is 1. The van der Waals surface area contributed by atoms with Crippen molar-refractivity contribution in [3.8, 4) is 0 Å². The Labute approximate surface area is 118 Å². The van der Waals surface area contributed by atoms with Crippen LogP contribution in [0.3, 0.4) is 0 Å². The first kappa shape index (κ1) is 13.0. The number of amides is 1. The lowest BCUT2D eigenvalue weighted by Crippen LogP contribution is -2.33. The molecule has 1 aliphatic heterocycles. The highest BCUT2D eigenvalue weighted by Gasteiger charge is 2.59. The zero-order valence-electron chi connectivity index (χ0n) is 11.5. The summed E-state index contributed by atoms with van der Waals surface area (Å²) in [5, 5.41) is 3.55. The Morgan fingerprint density at radius 3 is 2.63 bits per heavy atom. The SMILES string of the molecule is CSCCN1C(=O)C2(CC2)NC1c1ccc(C)cc1. The fraction of sp³-hybridized carbons (Fsp3) is 0.533. The minimum absolute atomic E-state index is 0.0581. The highest BCUT2D eigenvalue weighted by atomic mass is 32.2. The van der Waals surface area contributed by atoms with E-state index >= 15 is 0 Å². The summed E-state index contributed by atoms with van der Waals surface area (Å²) in [5.41, 5.74) is 2.22. The van der Waals surface area contributed by atoms with Crippen LogP contribution in [0, 0.1) is 6.92 Å². The second-order valence-corrected chi connectivity index (χ2v) is 6.52. The summed E-state index contributed by atoms with van der Waals surface area (Å²) in [4.78, 5) is 14.5. The van der Waals surface area contributed by atoms with Crippen LogP contribution in [0.15, 0.2) is 24.3 Å². The van der Waals surface area contributed by atoms with E-state index in [9.17, 15) is 4.79 Å². The van der Waals surface area contributed by atoms with Crippen molar-refractivity contribution in [1.29, 1.82) is 0 Å². The van der Waals surface area contributed by atoms with E-state index in [1.165, 1.54) is 11.1 Å². The maximum Gasteiger partial charge on any atom is 0.244 e. The first-order valence-electron chi connectivity index (χ1n) is 6.80. The van der Waals surface area contributed by atoms with Gasteiger partial charge in [-0.25, -0.2) is 0 Å². The number of benzene rings is 1. The Morgan fingerprint density at radius 1 is 1.37 bits per heavy atom. The van der Waals surface area contributed by atoms with Gasteiger partial charge in [-0.1, -0.05) is 29.8 Å². The standard InChI is InChI=1S/C15H20N2OS/c1-11-3-5-12(6-4-11)13-16-15(7-8-15)14(18)17(13)9-10-19-2/h3-6,13,16H,7-10H2,1-2H3. The van der Waals surface area contributed by atoms with Gasteiger partial charge in [0.1, 0.15) is 11.7 Å². The fourth-order valence-electron chi connectivity index (χ4n) is 2.71. The Kier molecular flexibility index (Phi) is 3.31. The third-order valence-corrected chi connectivity index (χ3v) is 4.67. The van der Waals surface area contributed by atoms with E-state index in [4.69, 9.17) is 0 Å². The first-order chi connectivity index (χ1) is 9.16. The van der Waals surface area contributed by atoms with Gasteiger partial charge in [-0.15, -0.1) is 0 Å². The van der Waals surface area contributed by atoms with Gasteiger partial charge in [0.15, 0.2) is 0 Å². The van der Waals surface area contributed by atoms with Crippen LogP contribution in [-0.2, 0) is 4.79 Å². The quantitative estimate of drug-likeness (QED) is 0.916. The van der Waals surface area contributed by atoms with Gasteiger partial charge < -0.3 is 4.90 Å². The zero-order valence-corrected chi connectivity index (χ0v) is 12.3. The molecule has 1 aliphatic carbocycles. The van der Waals surface area contributed by atoms with E-state index in [0.29, 0.717) is 5.91 Å². The van der Waals surface area contributed by atoms with Crippen molar-refractivity contribution in [3.63, 3.8) is 0 Å². The third-order valence-electron chi connectivity index (χ3n) is 4.07. The maximum absolute atomic E-state index is 12.5. The minimum Gasteiger partial charge on any atom is -0.320 e. The van der Waals surface area contributed by atoms with Crippen molar-refractivity contribution in [3.05, 3.63) is 35.4 Å². The minimum atomic E-state index is -0.228. The average molecular weight is 276 g/mol. The molecule has 4 heteroatoms. The number of carbonyl (C=O) groups excluding carboxylic acids is 1. The van der Waals surface area contributed by atoms with E-state index in [1.54, 1.807) is 11.8 Å². The van der Waals surface area contributed by atoms with Crippen LogP contribution in [0.25, 0.3) is 0 Å². The van der Waals surface area contributed by atoms with E-state index in [-0.39, 0.29) is 11.7 Å². The van der Waals surface area contributed by atoms with Gasteiger partial charge in [0.25, 0.3) is 0 Å². The average Bonchev–Trinajstić information content (AvgIpc) is 3.14. The molecule has 1 N–H and O–H groups in total. The molecular formula is C15H20N2OS. The van der Waals surface area contributed by atoms with Crippen LogP contribution in [0.2, 0.25) is 0 Å².